The number of rotatable bonds is 7. The number of nitrogens with one attached hydrogen (secondary N) is 1. The van der Waals surface area contributed by atoms with Gasteiger partial charge in [0.05, 0.1) is 28.0 Å². The average Bonchev–Trinajstić information content (AvgIpc) is 3.64. The van der Waals surface area contributed by atoms with Crippen LogP contribution in [0.25, 0.3) is 0 Å². The number of carbonyl (C=O) groups excluding carboxylic acids is 4. The van der Waals surface area contributed by atoms with Gasteiger partial charge in [-0.3, -0.25) is 29.4 Å². The molecule has 3 aliphatic rings. The summed E-state index contributed by atoms with van der Waals surface area (Å²) in [6, 6.07) is 20.4. The van der Waals surface area contributed by atoms with Gasteiger partial charge in [0, 0.05) is 17.3 Å². The number of nitrogens with zero attached hydrogens (tertiary/aromatic N) is 2. The third kappa shape index (κ3) is 4.65. The number of imide groups is 1. The van der Waals surface area contributed by atoms with Crippen molar-refractivity contribution in [2.75, 3.05) is 16.8 Å². The minimum Gasteiger partial charge on any atom is -0.452 e. The van der Waals surface area contributed by atoms with Crippen LogP contribution in [0.1, 0.15) is 40.2 Å². The summed E-state index contributed by atoms with van der Waals surface area (Å²) in [4.78, 5) is 63.5. The maximum Gasteiger partial charge on any atom is 0.338 e. The second-order valence-electron chi connectivity index (χ2n) is 10.9. The molecular formula is C31H27N3O7. The maximum atomic E-state index is 13.5. The fourth-order valence-corrected chi connectivity index (χ4v) is 6.84. The van der Waals surface area contributed by atoms with Crippen LogP contribution in [-0.4, -0.2) is 35.2 Å². The number of amides is 3. The lowest BCUT2D eigenvalue weighted by molar-refractivity contribution is -0.385. The molecule has 2 aliphatic carbocycles. The van der Waals surface area contributed by atoms with Crippen LogP contribution in [0.3, 0.4) is 0 Å². The van der Waals surface area contributed by atoms with Crippen LogP contribution in [0.2, 0.25) is 0 Å². The topological polar surface area (TPSA) is 136 Å². The van der Waals surface area contributed by atoms with Crippen molar-refractivity contribution in [1.29, 1.82) is 0 Å². The van der Waals surface area contributed by atoms with Crippen molar-refractivity contribution in [3.63, 3.8) is 0 Å². The lowest BCUT2D eigenvalue weighted by atomic mass is 9.73. The number of carbonyl (C=O) groups is 4. The standard InChI is InChI=1S/C31H27N3O7/c1-17-7-10-21(15-25(17)34(39)40)32-26(35)16-41-31(38)19-8-11-22(12-9-19)33-29(36)27-20-13-23(18-5-3-2-4-6-18)24(14-20)28(27)30(33)37/h2-12,15,20,23-24,27-28H,13-14,16H2,1H3,(H,32,35)/t20-,23-,24+,27+,28-/m0/s1. The van der Waals surface area contributed by atoms with Crippen LogP contribution in [0.4, 0.5) is 17.1 Å². The van der Waals surface area contributed by atoms with Crippen molar-refractivity contribution in [1.82, 2.24) is 0 Å². The van der Waals surface area contributed by atoms with Gasteiger partial charge < -0.3 is 10.1 Å². The molecule has 1 saturated heterocycles. The Kier molecular flexibility index (Phi) is 6.61. The highest BCUT2D eigenvalue weighted by Gasteiger charge is 2.64. The molecule has 2 saturated carbocycles. The van der Waals surface area contributed by atoms with Crippen molar-refractivity contribution in [3.05, 3.63) is 99.6 Å². The SMILES string of the molecule is Cc1ccc(NC(=O)COC(=O)c2ccc(N3C(=O)[C@@H]4[C@@H]5C[C@@H]([C@@H]4C3=O)[C@H](c3ccccc3)C5)cc2)cc1[N+](=O)[O-]. The third-order valence-corrected chi connectivity index (χ3v) is 8.63. The number of hydrogen-bond acceptors (Lipinski definition) is 7. The molecule has 10 heteroatoms. The van der Waals surface area contributed by atoms with Crippen molar-refractivity contribution < 1.29 is 28.8 Å². The molecule has 5 atom stereocenters. The van der Waals surface area contributed by atoms with E-state index in [2.05, 4.69) is 17.4 Å². The summed E-state index contributed by atoms with van der Waals surface area (Å²) < 4.78 is 5.09. The summed E-state index contributed by atoms with van der Waals surface area (Å²) in [5.41, 5.74) is 2.29. The number of anilines is 2. The number of hydrogen-bond donors (Lipinski definition) is 1. The van der Waals surface area contributed by atoms with Crippen molar-refractivity contribution in [3.8, 4) is 0 Å². The van der Waals surface area contributed by atoms with Gasteiger partial charge in [0.25, 0.3) is 11.6 Å². The van der Waals surface area contributed by atoms with Gasteiger partial charge in [0.1, 0.15) is 0 Å². The molecule has 3 aromatic rings. The van der Waals surface area contributed by atoms with Gasteiger partial charge in [0.15, 0.2) is 6.61 Å². The summed E-state index contributed by atoms with van der Waals surface area (Å²) in [5.74, 6) is -1.82. The molecule has 6 rings (SSSR count). The van der Waals surface area contributed by atoms with Gasteiger partial charge in [-0.1, -0.05) is 36.4 Å². The number of nitro groups is 1. The van der Waals surface area contributed by atoms with E-state index >= 15 is 0 Å². The second-order valence-corrected chi connectivity index (χ2v) is 10.9. The van der Waals surface area contributed by atoms with E-state index in [1.807, 2.05) is 18.2 Å². The third-order valence-electron chi connectivity index (χ3n) is 8.63. The zero-order valence-electron chi connectivity index (χ0n) is 22.2. The number of aryl methyl sites for hydroxylation is 1. The Bertz CT molecular complexity index is 1570. The van der Waals surface area contributed by atoms with Crippen LogP contribution in [0, 0.1) is 40.7 Å². The van der Waals surface area contributed by atoms with Gasteiger partial charge in [-0.05, 0) is 73.4 Å². The zero-order valence-corrected chi connectivity index (χ0v) is 22.2. The van der Waals surface area contributed by atoms with Gasteiger partial charge in [-0.15, -0.1) is 0 Å². The van der Waals surface area contributed by atoms with Crippen molar-refractivity contribution in [2.45, 2.75) is 25.7 Å². The first-order valence-electron chi connectivity index (χ1n) is 13.5. The van der Waals surface area contributed by atoms with Crippen LogP contribution in [-0.2, 0) is 19.1 Å². The Balaban J connectivity index is 1.08. The Morgan fingerprint density at radius 1 is 0.976 bits per heavy atom. The largest absolute Gasteiger partial charge is 0.452 e. The molecule has 1 N–H and O–H groups in total. The predicted octanol–water partition coefficient (Wildman–Crippen LogP) is 4.63. The van der Waals surface area contributed by atoms with Crippen molar-refractivity contribution in [2.24, 2.45) is 23.7 Å². The molecule has 10 nitrogen and oxygen atoms in total. The Labute approximate surface area is 235 Å². The lowest BCUT2D eigenvalue weighted by Gasteiger charge is -2.28. The first kappa shape index (κ1) is 26.4. The van der Waals surface area contributed by atoms with E-state index in [1.54, 1.807) is 6.92 Å². The summed E-state index contributed by atoms with van der Waals surface area (Å²) in [5, 5.41) is 13.6. The fraction of sp³-hybridized carbons (Fsp3) is 0.290. The molecule has 1 heterocycles. The molecule has 0 aromatic heterocycles. The summed E-state index contributed by atoms with van der Waals surface area (Å²) in [6.07, 6.45) is 1.79. The van der Waals surface area contributed by atoms with Crippen LogP contribution in [0.15, 0.2) is 72.8 Å². The highest BCUT2D eigenvalue weighted by Crippen LogP contribution is 2.61. The molecule has 3 amide bonds. The first-order valence-corrected chi connectivity index (χ1v) is 13.5. The van der Waals surface area contributed by atoms with E-state index in [9.17, 15) is 29.3 Å². The molecule has 1 aliphatic heterocycles. The van der Waals surface area contributed by atoms with E-state index in [4.69, 9.17) is 4.74 Å². The molecule has 3 fully saturated rings. The number of ether oxygens (including phenoxy) is 1. The monoisotopic (exact) mass is 553 g/mol. The lowest BCUT2D eigenvalue weighted by Crippen LogP contribution is -2.33. The second kappa shape index (κ2) is 10.3. The van der Waals surface area contributed by atoms with E-state index in [-0.39, 0.29) is 58.3 Å². The molecule has 3 aromatic carbocycles. The van der Waals surface area contributed by atoms with Crippen LogP contribution >= 0.6 is 0 Å². The van der Waals surface area contributed by atoms with Gasteiger partial charge in [-0.2, -0.15) is 0 Å². The molecule has 2 bridgehead atoms. The average molecular weight is 554 g/mol. The van der Waals surface area contributed by atoms with Crippen LogP contribution in [0.5, 0.6) is 0 Å². The maximum absolute atomic E-state index is 13.5. The Morgan fingerprint density at radius 3 is 2.39 bits per heavy atom. The van der Waals surface area contributed by atoms with E-state index in [0.717, 1.165) is 12.8 Å². The Morgan fingerprint density at radius 2 is 1.68 bits per heavy atom. The molecule has 41 heavy (non-hydrogen) atoms. The summed E-state index contributed by atoms with van der Waals surface area (Å²) >= 11 is 0. The zero-order chi connectivity index (χ0) is 28.8. The van der Waals surface area contributed by atoms with Gasteiger partial charge >= 0.3 is 5.97 Å². The molecule has 0 spiro atoms. The number of benzene rings is 3. The summed E-state index contributed by atoms with van der Waals surface area (Å²) in [7, 11) is 0. The van der Waals surface area contributed by atoms with Crippen molar-refractivity contribution >= 4 is 40.8 Å². The normalized spacial score (nSPS) is 24.3. The van der Waals surface area contributed by atoms with Gasteiger partial charge in [-0.25, -0.2) is 4.79 Å². The quantitative estimate of drug-likeness (QED) is 0.195. The van der Waals surface area contributed by atoms with Gasteiger partial charge in [0.2, 0.25) is 11.8 Å². The molecular weight excluding hydrogens is 526 g/mol. The molecule has 208 valence electrons. The minimum absolute atomic E-state index is 0.137. The smallest absolute Gasteiger partial charge is 0.338 e. The van der Waals surface area contributed by atoms with E-state index < -0.39 is 23.4 Å². The minimum atomic E-state index is -0.763. The number of nitro benzene ring substituents is 1. The first-order chi connectivity index (χ1) is 19.7. The molecule has 0 unspecified atom stereocenters. The fourth-order valence-electron chi connectivity index (χ4n) is 6.84. The van der Waals surface area contributed by atoms with E-state index in [1.165, 1.54) is 52.9 Å². The summed E-state index contributed by atoms with van der Waals surface area (Å²) in [6.45, 7) is 0.989. The van der Waals surface area contributed by atoms with E-state index in [0.29, 0.717) is 11.3 Å². The predicted molar refractivity (Wildman–Crippen MR) is 148 cm³/mol. The Hall–Kier alpha value is -4.86. The van der Waals surface area contributed by atoms with Crippen LogP contribution < -0.4 is 10.2 Å². The number of esters is 1. The highest BCUT2D eigenvalue weighted by atomic mass is 16.6. The number of fused-ring (bicyclic) bond motifs is 5. The highest BCUT2D eigenvalue weighted by molar-refractivity contribution is 6.22. The molecule has 0 radical (unpaired) electrons.